The van der Waals surface area contributed by atoms with Crippen LogP contribution in [0.15, 0.2) is 199 Å². The molecule has 3 nitrogen and oxygen atoms in total. The third-order valence-electron chi connectivity index (χ3n) is 10.7. The fourth-order valence-corrected chi connectivity index (χ4v) is 8.34. The highest BCUT2D eigenvalue weighted by Gasteiger charge is 2.20. The highest BCUT2D eigenvalue weighted by Crippen LogP contribution is 2.44. The molecule has 0 saturated carbocycles. The fraction of sp³-hybridized carbons (Fsp3) is 0. The Labute approximate surface area is 306 Å². The molecule has 11 rings (SSSR count). The summed E-state index contributed by atoms with van der Waals surface area (Å²) in [6, 6.07) is 69.6. The van der Waals surface area contributed by atoms with Gasteiger partial charge < -0.3 is 13.9 Å². The summed E-state index contributed by atoms with van der Waals surface area (Å²) in [5.41, 5.74) is 10.9. The van der Waals surface area contributed by atoms with Crippen molar-refractivity contribution in [1.29, 1.82) is 0 Å². The molecule has 2 heterocycles. The molecule has 2 aromatic heterocycles. The summed E-state index contributed by atoms with van der Waals surface area (Å²) in [5.74, 6) is 0. The van der Waals surface area contributed by atoms with Gasteiger partial charge in [-0.25, -0.2) is 0 Å². The van der Waals surface area contributed by atoms with Crippen LogP contribution in [0.3, 0.4) is 0 Å². The summed E-state index contributed by atoms with van der Waals surface area (Å²) in [7, 11) is 0. The van der Waals surface area contributed by atoms with E-state index in [1.165, 1.54) is 48.9 Å². The van der Waals surface area contributed by atoms with Crippen molar-refractivity contribution in [3.8, 4) is 16.8 Å². The number of aromatic nitrogens is 1. The van der Waals surface area contributed by atoms with Gasteiger partial charge in [-0.1, -0.05) is 115 Å². The van der Waals surface area contributed by atoms with E-state index in [1.807, 2.05) is 0 Å². The number of fused-ring (bicyclic) bond motifs is 9. The predicted molar refractivity (Wildman–Crippen MR) is 223 cm³/mol. The number of hydrogen-bond donors (Lipinski definition) is 0. The second-order valence-corrected chi connectivity index (χ2v) is 13.7. The Hall–Kier alpha value is -7.10. The summed E-state index contributed by atoms with van der Waals surface area (Å²) in [6.07, 6.45) is 0. The maximum atomic E-state index is 6.72. The summed E-state index contributed by atoms with van der Waals surface area (Å²) >= 11 is 0. The molecule has 0 fully saturated rings. The lowest BCUT2D eigenvalue weighted by molar-refractivity contribution is 0.669. The zero-order chi connectivity index (χ0) is 34.9. The van der Waals surface area contributed by atoms with E-state index in [4.69, 9.17) is 4.42 Å². The first-order valence-electron chi connectivity index (χ1n) is 18.1. The fourth-order valence-electron chi connectivity index (χ4n) is 8.34. The summed E-state index contributed by atoms with van der Waals surface area (Å²) in [5, 5.41) is 9.52. The lowest BCUT2D eigenvalue weighted by Crippen LogP contribution is -2.09. The smallest absolute Gasteiger partial charge is 0.136 e. The van der Waals surface area contributed by atoms with Gasteiger partial charge in [0.1, 0.15) is 11.2 Å². The van der Waals surface area contributed by atoms with E-state index in [2.05, 4.69) is 204 Å². The molecule has 0 aliphatic heterocycles. The van der Waals surface area contributed by atoms with E-state index in [1.54, 1.807) is 0 Å². The molecule has 0 saturated heterocycles. The maximum Gasteiger partial charge on any atom is 0.136 e. The van der Waals surface area contributed by atoms with Gasteiger partial charge in [0.25, 0.3) is 0 Å². The van der Waals surface area contributed by atoms with E-state index >= 15 is 0 Å². The van der Waals surface area contributed by atoms with Crippen molar-refractivity contribution >= 4 is 82.4 Å². The van der Waals surface area contributed by atoms with Crippen LogP contribution in [0.2, 0.25) is 0 Å². The van der Waals surface area contributed by atoms with Gasteiger partial charge in [0, 0.05) is 44.3 Å². The Morgan fingerprint density at radius 1 is 0.377 bits per heavy atom. The number of furan rings is 1. The molecule has 53 heavy (non-hydrogen) atoms. The minimum atomic E-state index is 0.874. The van der Waals surface area contributed by atoms with Gasteiger partial charge in [0.05, 0.1) is 11.0 Å². The molecular formula is C50H32N2O. The highest BCUT2D eigenvalue weighted by atomic mass is 16.3. The number of benzene rings is 9. The van der Waals surface area contributed by atoms with E-state index in [9.17, 15) is 0 Å². The second kappa shape index (κ2) is 11.7. The van der Waals surface area contributed by atoms with Crippen molar-refractivity contribution in [2.75, 3.05) is 4.90 Å². The molecule has 0 aliphatic rings. The normalized spacial score (nSPS) is 11.8. The monoisotopic (exact) mass is 676 g/mol. The van der Waals surface area contributed by atoms with Crippen LogP contribution in [0.1, 0.15) is 0 Å². The molecule has 0 aliphatic carbocycles. The Morgan fingerprint density at radius 2 is 1.04 bits per heavy atom. The van der Waals surface area contributed by atoms with Crippen LogP contribution in [-0.4, -0.2) is 4.57 Å². The van der Waals surface area contributed by atoms with Crippen molar-refractivity contribution in [2.24, 2.45) is 0 Å². The Balaban J connectivity index is 1.11. The molecule has 0 bridgehead atoms. The van der Waals surface area contributed by atoms with E-state index in [-0.39, 0.29) is 0 Å². The molecule has 9 aromatic carbocycles. The zero-order valence-corrected chi connectivity index (χ0v) is 28.8. The number of para-hydroxylation sites is 3. The van der Waals surface area contributed by atoms with Gasteiger partial charge >= 0.3 is 0 Å². The Kier molecular flexibility index (Phi) is 6.55. The van der Waals surface area contributed by atoms with Gasteiger partial charge in [0.15, 0.2) is 0 Å². The molecule has 0 N–H and O–H groups in total. The molecule has 0 atom stereocenters. The van der Waals surface area contributed by atoms with Crippen molar-refractivity contribution in [1.82, 2.24) is 4.57 Å². The lowest BCUT2D eigenvalue weighted by Gasteiger charge is -2.26. The van der Waals surface area contributed by atoms with Gasteiger partial charge in [-0.05, 0) is 112 Å². The lowest BCUT2D eigenvalue weighted by atomic mass is 9.94. The van der Waals surface area contributed by atoms with Crippen LogP contribution in [0.5, 0.6) is 0 Å². The summed E-state index contributed by atoms with van der Waals surface area (Å²) in [6.45, 7) is 0. The van der Waals surface area contributed by atoms with Crippen LogP contribution in [0, 0.1) is 0 Å². The number of nitrogens with zero attached hydrogens (tertiary/aromatic N) is 2. The largest absolute Gasteiger partial charge is 0.456 e. The van der Waals surface area contributed by atoms with Crippen LogP contribution >= 0.6 is 0 Å². The van der Waals surface area contributed by atoms with E-state index < -0.39 is 0 Å². The van der Waals surface area contributed by atoms with E-state index in [0.717, 1.165) is 50.3 Å². The number of hydrogen-bond acceptors (Lipinski definition) is 2. The minimum Gasteiger partial charge on any atom is -0.456 e. The standard InChI is InChI=1S/C50H32N2O/c1-3-15-36(16-4-1)51(38-25-23-33-13-7-8-14-34(33)29-38)39-26-28-48-45(31-39)50-42-21-10-9-19-40(42)43(32-49(50)53-48)35-24-27-47-44(30-35)41-20-11-12-22-46(41)52(47)37-17-5-2-6-18-37/h1-32H. The average Bonchev–Trinajstić information content (AvgIpc) is 3.76. The van der Waals surface area contributed by atoms with Crippen LogP contribution < -0.4 is 4.90 Å². The van der Waals surface area contributed by atoms with Crippen molar-refractivity contribution in [3.05, 3.63) is 194 Å². The van der Waals surface area contributed by atoms with Crippen LogP contribution in [0.25, 0.3) is 82.1 Å². The molecule has 248 valence electrons. The molecule has 0 unspecified atom stereocenters. The van der Waals surface area contributed by atoms with E-state index in [0.29, 0.717) is 0 Å². The zero-order valence-electron chi connectivity index (χ0n) is 28.8. The van der Waals surface area contributed by atoms with Crippen molar-refractivity contribution in [3.63, 3.8) is 0 Å². The van der Waals surface area contributed by atoms with Gasteiger partial charge in [-0.3, -0.25) is 0 Å². The van der Waals surface area contributed by atoms with Crippen molar-refractivity contribution in [2.45, 2.75) is 0 Å². The average molecular weight is 677 g/mol. The molecule has 3 heteroatoms. The molecule has 0 spiro atoms. The van der Waals surface area contributed by atoms with Gasteiger partial charge in [0.2, 0.25) is 0 Å². The topological polar surface area (TPSA) is 21.3 Å². The molecular weight excluding hydrogens is 645 g/mol. The van der Waals surface area contributed by atoms with Gasteiger partial charge in [-0.2, -0.15) is 0 Å². The first-order chi connectivity index (χ1) is 26.3. The number of rotatable bonds is 5. The Morgan fingerprint density at radius 3 is 1.89 bits per heavy atom. The molecule has 0 radical (unpaired) electrons. The maximum absolute atomic E-state index is 6.72. The first-order valence-corrected chi connectivity index (χ1v) is 18.1. The second-order valence-electron chi connectivity index (χ2n) is 13.7. The minimum absolute atomic E-state index is 0.874. The molecule has 11 aromatic rings. The van der Waals surface area contributed by atoms with Crippen LogP contribution in [-0.2, 0) is 0 Å². The van der Waals surface area contributed by atoms with Crippen molar-refractivity contribution < 1.29 is 4.42 Å². The van der Waals surface area contributed by atoms with Crippen LogP contribution in [0.4, 0.5) is 17.1 Å². The SMILES string of the molecule is c1ccc(N(c2ccc3ccccc3c2)c2ccc3oc4cc(-c5ccc6c(c5)c5ccccc5n6-c5ccccc5)c5ccccc5c4c3c2)cc1. The first kappa shape index (κ1) is 29.6. The third kappa shape index (κ3) is 4.68. The quantitative estimate of drug-likeness (QED) is 0.181. The van der Waals surface area contributed by atoms with Gasteiger partial charge in [-0.15, -0.1) is 0 Å². The third-order valence-corrected chi connectivity index (χ3v) is 10.7. The predicted octanol–water partition coefficient (Wildman–Crippen LogP) is 14.1. The summed E-state index contributed by atoms with van der Waals surface area (Å²) in [4.78, 5) is 2.34. The Bertz CT molecular complexity index is 3170. The summed E-state index contributed by atoms with van der Waals surface area (Å²) < 4.78 is 9.09. The highest BCUT2D eigenvalue weighted by molar-refractivity contribution is 6.23. The number of anilines is 3. The molecule has 0 amide bonds.